The molecule has 1 aliphatic heterocycles. The fourth-order valence-corrected chi connectivity index (χ4v) is 5.04. The number of carbonyl (C=O) groups is 3. The monoisotopic (exact) mass is 620 g/mol. The second kappa shape index (κ2) is 12.7. The Labute approximate surface area is 254 Å². The number of fused-ring (bicyclic) bond motifs is 1. The van der Waals surface area contributed by atoms with Crippen LogP contribution in [0, 0.1) is 11.6 Å². The smallest absolute Gasteiger partial charge is 0.368 e. The molecule has 0 radical (unpaired) electrons. The van der Waals surface area contributed by atoms with E-state index in [-0.39, 0.29) is 17.5 Å². The Balaban J connectivity index is 1.46. The van der Waals surface area contributed by atoms with E-state index in [2.05, 4.69) is 10.3 Å². The zero-order chi connectivity index (χ0) is 32.3. The van der Waals surface area contributed by atoms with E-state index in [1.165, 1.54) is 18.3 Å². The van der Waals surface area contributed by atoms with Gasteiger partial charge in [0.15, 0.2) is 0 Å². The van der Waals surface area contributed by atoms with Gasteiger partial charge in [-0.25, -0.2) is 8.78 Å². The van der Waals surface area contributed by atoms with Crippen molar-refractivity contribution in [1.29, 1.82) is 0 Å². The maximum Gasteiger partial charge on any atom is 0.419 e. The predicted molar refractivity (Wildman–Crippen MR) is 157 cm³/mol. The van der Waals surface area contributed by atoms with Crippen LogP contribution in [0.2, 0.25) is 0 Å². The predicted octanol–water partition coefficient (Wildman–Crippen LogP) is 5.37. The highest BCUT2D eigenvalue weighted by Gasteiger charge is 2.35. The number of primary amides is 1. The molecule has 45 heavy (non-hydrogen) atoms. The average molecular weight is 621 g/mol. The minimum absolute atomic E-state index is 0.0527. The second-order valence-electron chi connectivity index (χ2n) is 10.3. The molecular formula is C33H25F5N4O3. The second-order valence-corrected chi connectivity index (χ2v) is 10.3. The van der Waals surface area contributed by atoms with Crippen LogP contribution in [0.5, 0.6) is 0 Å². The molecule has 0 bridgehead atoms. The summed E-state index contributed by atoms with van der Waals surface area (Å²) in [6, 6.07) is 21.6. The third kappa shape index (κ3) is 7.06. The van der Waals surface area contributed by atoms with Crippen molar-refractivity contribution in [2.45, 2.75) is 24.7 Å². The van der Waals surface area contributed by atoms with Gasteiger partial charge in [-0.1, -0.05) is 60.7 Å². The molecule has 0 fully saturated rings. The van der Waals surface area contributed by atoms with Crippen molar-refractivity contribution in [3.63, 3.8) is 0 Å². The maximum atomic E-state index is 14.4. The van der Waals surface area contributed by atoms with Gasteiger partial charge in [-0.3, -0.25) is 24.3 Å². The van der Waals surface area contributed by atoms with Crippen LogP contribution in [0.15, 0.2) is 96.0 Å². The number of benzene rings is 4. The van der Waals surface area contributed by atoms with E-state index in [9.17, 15) is 36.3 Å². The number of aliphatic imine (C=N–C) groups is 1. The largest absolute Gasteiger partial charge is 0.419 e. The number of nitrogens with zero attached hydrogens (tertiary/aromatic N) is 2. The Morgan fingerprint density at radius 2 is 1.62 bits per heavy atom. The number of nitrogens with two attached hydrogens (primary N) is 1. The van der Waals surface area contributed by atoms with E-state index in [1.54, 1.807) is 18.2 Å². The molecule has 3 amide bonds. The highest BCUT2D eigenvalue weighted by molar-refractivity contribution is 6.09. The van der Waals surface area contributed by atoms with Gasteiger partial charge < -0.3 is 11.1 Å². The van der Waals surface area contributed by atoms with Gasteiger partial charge in [0.05, 0.1) is 17.2 Å². The van der Waals surface area contributed by atoms with Gasteiger partial charge in [0, 0.05) is 11.8 Å². The van der Waals surface area contributed by atoms with Crippen molar-refractivity contribution in [1.82, 2.24) is 5.32 Å². The van der Waals surface area contributed by atoms with E-state index in [1.807, 2.05) is 30.3 Å². The number of rotatable bonds is 8. The quantitative estimate of drug-likeness (QED) is 0.259. The van der Waals surface area contributed by atoms with E-state index < -0.39 is 59.7 Å². The summed E-state index contributed by atoms with van der Waals surface area (Å²) in [5, 5.41) is 2.53. The molecule has 3 N–H and O–H groups in total. The zero-order valence-electron chi connectivity index (χ0n) is 23.4. The van der Waals surface area contributed by atoms with Gasteiger partial charge >= 0.3 is 6.18 Å². The Kier molecular flexibility index (Phi) is 8.75. The van der Waals surface area contributed by atoms with E-state index >= 15 is 0 Å². The molecule has 7 nitrogen and oxygen atoms in total. The van der Waals surface area contributed by atoms with Crippen LogP contribution in [-0.4, -0.2) is 36.6 Å². The van der Waals surface area contributed by atoms with E-state index in [4.69, 9.17) is 5.73 Å². The molecule has 2 atom stereocenters. The summed E-state index contributed by atoms with van der Waals surface area (Å²) >= 11 is 0. The number of nitrogens with one attached hydrogen (secondary N) is 1. The number of halogens is 5. The normalized spacial score (nSPS) is 15.3. The van der Waals surface area contributed by atoms with E-state index in [0.717, 1.165) is 34.2 Å². The number of anilines is 1. The van der Waals surface area contributed by atoms with Crippen LogP contribution in [0.1, 0.15) is 28.2 Å². The summed E-state index contributed by atoms with van der Waals surface area (Å²) < 4.78 is 67.4. The first-order valence-electron chi connectivity index (χ1n) is 13.6. The summed E-state index contributed by atoms with van der Waals surface area (Å²) in [4.78, 5) is 44.8. The Bertz CT molecular complexity index is 1780. The number of carbonyl (C=O) groups excluding carboxylic acids is 3. The lowest BCUT2D eigenvalue weighted by Gasteiger charge is -2.26. The summed E-state index contributed by atoms with van der Waals surface area (Å²) in [6.07, 6.45) is -5.36. The van der Waals surface area contributed by atoms with Crippen LogP contribution >= 0.6 is 0 Å². The third-order valence-corrected chi connectivity index (χ3v) is 7.25. The van der Waals surface area contributed by atoms with Gasteiger partial charge in [-0.05, 0) is 59.0 Å². The molecule has 4 aromatic rings. The minimum Gasteiger partial charge on any atom is -0.368 e. The Morgan fingerprint density at radius 3 is 2.27 bits per heavy atom. The molecule has 1 aliphatic rings. The maximum absolute atomic E-state index is 14.4. The van der Waals surface area contributed by atoms with Crippen LogP contribution in [0.3, 0.4) is 0 Å². The third-order valence-electron chi connectivity index (χ3n) is 7.25. The van der Waals surface area contributed by atoms with Crippen molar-refractivity contribution in [3.05, 3.63) is 125 Å². The van der Waals surface area contributed by atoms with Crippen LogP contribution in [-0.2, 0) is 27.0 Å². The molecule has 0 saturated heterocycles. The Hall–Kier alpha value is -5.39. The van der Waals surface area contributed by atoms with Crippen molar-refractivity contribution in [2.24, 2.45) is 10.7 Å². The minimum atomic E-state index is -4.91. The standard InChI is InChI=1S/C33H25F5N4O3/c34-24-11-9-21(10-12-24)25(14-19-6-13-26(27(35)15-19)33(36,37)38)31(44)41-30-32(45)42(18-29(39)43)28-16-22(7-8-23(28)17-40-30)20-4-2-1-3-5-20/h1-13,15-17,25,30H,14,18H2,(H2,39,43)(H,41,44)/t25-,30?/m1/s1. The SMILES string of the molecule is NC(=O)CN1C(=O)C(NC(=O)[C@H](Cc2ccc(C(F)(F)F)c(F)c2)c2ccc(F)cc2)N=Cc2ccc(-c3ccccc3)cc21. The first kappa shape index (κ1) is 31.0. The molecule has 1 unspecified atom stereocenters. The number of benzodiazepines with no additional fused rings is 1. The summed E-state index contributed by atoms with van der Waals surface area (Å²) in [5.74, 6) is -5.70. The highest BCUT2D eigenvalue weighted by Crippen LogP contribution is 2.33. The van der Waals surface area contributed by atoms with Gasteiger partial charge in [0.2, 0.25) is 18.0 Å². The van der Waals surface area contributed by atoms with Crippen molar-refractivity contribution >= 4 is 29.6 Å². The van der Waals surface area contributed by atoms with Crippen LogP contribution in [0.4, 0.5) is 27.6 Å². The molecule has 0 saturated carbocycles. The molecule has 0 aliphatic carbocycles. The molecular weight excluding hydrogens is 595 g/mol. The van der Waals surface area contributed by atoms with Crippen molar-refractivity contribution in [3.8, 4) is 11.1 Å². The van der Waals surface area contributed by atoms with Crippen LogP contribution < -0.4 is 16.0 Å². The zero-order valence-corrected chi connectivity index (χ0v) is 23.4. The number of hydrogen-bond donors (Lipinski definition) is 2. The highest BCUT2D eigenvalue weighted by atomic mass is 19.4. The molecule has 4 aromatic carbocycles. The summed E-state index contributed by atoms with van der Waals surface area (Å²) in [7, 11) is 0. The number of alkyl halides is 3. The topological polar surface area (TPSA) is 105 Å². The van der Waals surface area contributed by atoms with Gasteiger partial charge in [0.25, 0.3) is 5.91 Å². The fraction of sp³-hybridized carbons (Fsp3) is 0.152. The lowest BCUT2D eigenvalue weighted by molar-refractivity contribution is -0.140. The molecule has 1 heterocycles. The first-order chi connectivity index (χ1) is 21.4. The first-order valence-corrected chi connectivity index (χ1v) is 13.6. The lowest BCUT2D eigenvalue weighted by Crippen LogP contribution is -2.50. The molecule has 5 rings (SSSR count). The van der Waals surface area contributed by atoms with Crippen molar-refractivity contribution < 1.29 is 36.3 Å². The summed E-state index contributed by atoms with van der Waals surface area (Å²) in [5.41, 5.74) is 6.70. The number of amides is 3. The fourth-order valence-electron chi connectivity index (χ4n) is 5.04. The molecule has 0 aromatic heterocycles. The average Bonchev–Trinajstić information content (AvgIpc) is 3.12. The van der Waals surface area contributed by atoms with Gasteiger partial charge in [-0.2, -0.15) is 13.2 Å². The number of hydrogen-bond acceptors (Lipinski definition) is 4. The van der Waals surface area contributed by atoms with Crippen LogP contribution in [0.25, 0.3) is 11.1 Å². The van der Waals surface area contributed by atoms with Gasteiger partial charge in [-0.15, -0.1) is 0 Å². The molecule has 12 heteroatoms. The molecule has 0 spiro atoms. The Morgan fingerprint density at radius 1 is 0.911 bits per heavy atom. The van der Waals surface area contributed by atoms with E-state index in [0.29, 0.717) is 23.4 Å². The van der Waals surface area contributed by atoms with Gasteiger partial charge in [0.1, 0.15) is 18.2 Å². The summed E-state index contributed by atoms with van der Waals surface area (Å²) in [6.45, 7) is -0.522. The van der Waals surface area contributed by atoms with Crippen molar-refractivity contribution in [2.75, 3.05) is 11.4 Å². The molecule has 230 valence electrons. The lowest BCUT2D eigenvalue weighted by atomic mass is 9.90.